The van der Waals surface area contributed by atoms with Crippen LogP contribution in [0, 0.1) is 0 Å². The van der Waals surface area contributed by atoms with Gasteiger partial charge in [-0.05, 0) is 62.4 Å². The highest BCUT2D eigenvalue weighted by Crippen LogP contribution is 2.27. The number of nitrogens with two attached hydrogens (primary N) is 2. The van der Waals surface area contributed by atoms with Crippen molar-refractivity contribution < 1.29 is 45.3 Å². The smallest absolute Gasteiger partial charge is 0.108 e. The molecule has 2 fully saturated rings. The number of likely N-dealkylation sites (N-methyl/N-ethyl adjacent to an activating group) is 2. The molecule has 4 N–H and O–H groups in total. The fourth-order valence-corrected chi connectivity index (χ4v) is 4.98. The highest BCUT2D eigenvalue weighted by Gasteiger charge is 2.34. The van der Waals surface area contributed by atoms with E-state index in [9.17, 15) is 0 Å². The molecule has 2 aromatic rings. The maximum Gasteiger partial charge on any atom is 0.108 e. The van der Waals surface area contributed by atoms with Crippen molar-refractivity contribution in [3.05, 3.63) is 48.5 Å². The molecular formula is C28H48ClIN6. The van der Waals surface area contributed by atoms with Crippen LogP contribution in [0.3, 0.4) is 0 Å². The van der Waals surface area contributed by atoms with Crippen LogP contribution >= 0.6 is 0 Å². The van der Waals surface area contributed by atoms with Gasteiger partial charge in [-0.2, -0.15) is 0 Å². The van der Waals surface area contributed by atoms with Gasteiger partial charge in [-0.15, -0.1) is 0 Å². The minimum absolute atomic E-state index is 0. The summed E-state index contributed by atoms with van der Waals surface area (Å²) in [7, 11) is 9.32. The summed E-state index contributed by atoms with van der Waals surface area (Å²) < 4.78 is 2.23. The highest BCUT2D eigenvalue weighted by atomic mass is 127. The molecule has 0 aromatic heterocycles. The van der Waals surface area contributed by atoms with Crippen molar-refractivity contribution in [3.63, 3.8) is 0 Å². The van der Waals surface area contributed by atoms with E-state index in [4.69, 9.17) is 11.5 Å². The van der Waals surface area contributed by atoms with E-state index < -0.39 is 0 Å². The number of halogens is 2. The maximum atomic E-state index is 5.72. The lowest BCUT2D eigenvalue weighted by Crippen LogP contribution is -3.00. The number of nitrogens with zero attached hydrogens (tertiary/aromatic N) is 4. The molecule has 0 bridgehead atoms. The van der Waals surface area contributed by atoms with Gasteiger partial charge in [0, 0.05) is 48.7 Å². The second-order valence-electron chi connectivity index (χ2n) is 11.1. The third-order valence-electron chi connectivity index (χ3n) is 8.45. The first kappa shape index (κ1) is 32.6. The van der Waals surface area contributed by atoms with Crippen molar-refractivity contribution in [2.24, 2.45) is 0 Å². The highest BCUT2D eigenvalue weighted by molar-refractivity contribution is 5.54. The standard InChI is InChI=1S/2C14H24N3.ClH.HI/c2*1-4-17(2,3)14-9-10-16(11-14)13-7-5-12(15)6-8-13;;/h2*5-8,14H,4,9-11,15H2,1-3H3;2*1H/q2*+1;;/p-2. The molecule has 36 heavy (non-hydrogen) atoms. The zero-order valence-corrected chi connectivity index (χ0v) is 26.0. The van der Waals surface area contributed by atoms with E-state index in [1.807, 2.05) is 24.3 Å². The van der Waals surface area contributed by atoms with Gasteiger partial charge in [-0.25, -0.2) is 0 Å². The Labute approximate surface area is 243 Å². The molecule has 2 unspecified atom stereocenters. The fraction of sp³-hybridized carbons (Fsp3) is 0.571. The van der Waals surface area contributed by atoms with E-state index in [2.05, 4.69) is 76.1 Å². The van der Waals surface area contributed by atoms with Crippen molar-refractivity contribution in [2.75, 3.05) is 88.7 Å². The topological polar surface area (TPSA) is 58.5 Å². The van der Waals surface area contributed by atoms with Gasteiger partial charge in [0.15, 0.2) is 0 Å². The maximum absolute atomic E-state index is 5.72. The van der Waals surface area contributed by atoms with Crippen LogP contribution < -0.4 is 57.7 Å². The first-order valence-corrected chi connectivity index (χ1v) is 12.9. The lowest BCUT2D eigenvalue weighted by Gasteiger charge is -2.35. The van der Waals surface area contributed by atoms with E-state index in [0.717, 1.165) is 58.6 Å². The summed E-state index contributed by atoms with van der Waals surface area (Å²) in [6, 6.07) is 18.0. The SMILES string of the molecule is CC[N+](C)(C)C1CCN(c2ccc(N)cc2)C1.CC[N+](C)(C)C1CCN(c2ccc(N)cc2)C1.[Cl-].[I-]. The molecule has 0 aliphatic carbocycles. The second kappa shape index (κ2) is 13.9. The zero-order valence-electron chi connectivity index (χ0n) is 23.1. The predicted molar refractivity (Wildman–Crippen MR) is 148 cm³/mol. The largest absolute Gasteiger partial charge is 1.00 e. The molecule has 2 aliphatic heterocycles. The number of hydrogen-bond acceptors (Lipinski definition) is 4. The van der Waals surface area contributed by atoms with Gasteiger partial charge in [-0.3, -0.25) is 0 Å². The lowest BCUT2D eigenvalue weighted by molar-refractivity contribution is -0.910. The molecule has 6 nitrogen and oxygen atoms in total. The Morgan fingerprint density at radius 3 is 1.25 bits per heavy atom. The molecule has 0 spiro atoms. The molecule has 2 heterocycles. The van der Waals surface area contributed by atoms with E-state index in [1.165, 1.54) is 37.3 Å². The number of benzene rings is 2. The first-order valence-electron chi connectivity index (χ1n) is 12.9. The van der Waals surface area contributed by atoms with Crippen LogP contribution in [0.5, 0.6) is 0 Å². The predicted octanol–water partition coefficient (Wildman–Crippen LogP) is -2.10. The molecule has 2 aromatic carbocycles. The van der Waals surface area contributed by atoms with Gasteiger partial charge in [0.25, 0.3) is 0 Å². The molecule has 0 saturated carbocycles. The van der Waals surface area contributed by atoms with Crippen LogP contribution in [0.1, 0.15) is 26.7 Å². The molecule has 0 amide bonds. The Morgan fingerprint density at radius 1 is 0.667 bits per heavy atom. The van der Waals surface area contributed by atoms with Crippen LogP contribution in [0.15, 0.2) is 48.5 Å². The number of rotatable bonds is 6. The quantitative estimate of drug-likeness (QED) is 0.218. The molecular weight excluding hydrogens is 583 g/mol. The average Bonchev–Trinajstić information content (AvgIpc) is 3.52. The van der Waals surface area contributed by atoms with Gasteiger partial charge in [0.05, 0.1) is 54.4 Å². The van der Waals surface area contributed by atoms with Crippen LogP contribution in [0.2, 0.25) is 0 Å². The number of quaternary nitrogens is 2. The van der Waals surface area contributed by atoms with Crippen molar-refractivity contribution in [1.82, 2.24) is 0 Å². The monoisotopic (exact) mass is 630 g/mol. The average molecular weight is 631 g/mol. The second-order valence-corrected chi connectivity index (χ2v) is 11.1. The van der Waals surface area contributed by atoms with Crippen molar-refractivity contribution in [3.8, 4) is 0 Å². The van der Waals surface area contributed by atoms with Crippen LogP contribution in [0.25, 0.3) is 0 Å². The summed E-state index contributed by atoms with van der Waals surface area (Å²) in [5, 5.41) is 0. The minimum atomic E-state index is 0. The molecule has 8 heteroatoms. The minimum Gasteiger partial charge on any atom is -1.00 e. The van der Waals surface area contributed by atoms with E-state index in [1.54, 1.807) is 0 Å². The first-order chi connectivity index (χ1) is 16.1. The van der Waals surface area contributed by atoms with Gasteiger partial charge in [-0.1, -0.05) is 0 Å². The van der Waals surface area contributed by atoms with Gasteiger partial charge >= 0.3 is 0 Å². The summed E-state index contributed by atoms with van der Waals surface area (Å²) in [5.41, 5.74) is 15.7. The molecule has 2 aliphatic rings. The fourth-order valence-electron chi connectivity index (χ4n) is 4.98. The molecule has 204 valence electrons. The molecule has 2 atom stereocenters. The van der Waals surface area contributed by atoms with Gasteiger partial charge < -0.3 is 66.6 Å². The van der Waals surface area contributed by atoms with Crippen molar-refractivity contribution in [1.29, 1.82) is 0 Å². The van der Waals surface area contributed by atoms with Crippen molar-refractivity contribution in [2.45, 2.75) is 38.8 Å². The summed E-state index contributed by atoms with van der Waals surface area (Å²) >= 11 is 0. The Morgan fingerprint density at radius 2 is 0.972 bits per heavy atom. The number of hydrogen-bond donors (Lipinski definition) is 2. The number of nitrogen functional groups attached to an aromatic ring is 2. The Bertz CT molecular complexity index is 828. The van der Waals surface area contributed by atoms with E-state index in [-0.39, 0.29) is 36.4 Å². The van der Waals surface area contributed by atoms with Crippen LogP contribution in [0.4, 0.5) is 22.7 Å². The Balaban J connectivity index is 0.000000341. The van der Waals surface area contributed by atoms with Crippen LogP contribution in [-0.2, 0) is 0 Å². The van der Waals surface area contributed by atoms with E-state index in [0.29, 0.717) is 0 Å². The summed E-state index contributed by atoms with van der Waals surface area (Å²) in [4.78, 5) is 4.94. The molecule has 4 rings (SSSR count). The van der Waals surface area contributed by atoms with E-state index >= 15 is 0 Å². The summed E-state index contributed by atoms with van der Waals surface area (Å²) in [6.07, 6.45) is 2.57. The zero-order chi connectivity index (χ0) is 24.9. The third-order valence-corrected chi connectivity index (χ3v) is 8.45. The Hall–Kier alpha value is -1.42. The lowest BCUT2D eigenvalue weighted by atomic mass is 10.2. The molecule has 2 saturated heterocycles. The number of anilines is 4. The van der Waals surface area contributed by atoms with Gasteiger partial charge in [0.1, 0.15) is 12.1 Å². The normalized spacial score (nSPS) is 19.7. The van der Waals surface area contributed by atoms with Crippen molar-refractivity contribution >= 4 is 22.7 Å². The molecule has 0 radical (unpaired) electrons. The third kappa shape index (κ3) is 8.30. The van der Waals surface area contributed by atoms with Crippen LogP contribution in [-0.4, -0.2) is 88.5 Å². The summed E-state index contributed by atoms with van der Waals surface area (Å²) in [5.74, 6) is 0. The van der Waals surface area contributed by atoms with Gasteiger partial charge in [0.2, 0.25) is 0 Å². The Kier molecular flexibility index (Phi) is 12.6. The summed E-state index contributed by atoms with van der Waals surface area (Å²) in [6.45, 7) is 11.6.